The SMILES string of the molecule is COc1ccc(N)c(N2CCCC(C)(C)CC2)n1. The van der Waals surface area contributed by atoms with Crippen molar-refractivity contribution in [3.63, 3.8) is 0 Å². The average Bonchev–Trinajstić information content (AvgIpc) is 2.51. The second kappa shape index (κ2) is 5.04. The van der Waals surface area contributed by atoms with Crippen LogP contribution in [-0.4, -0.2) is 25.2 Å². The second-order valence-corrected chi connectivity index (χ2v) is 5.77. The molecular formula is C14H23N3O. The molecule has 0 aromatic carbocycles. The van der Waals surface area contributed by atoms with E-state index in [0.29, 0.717) is 11.3 Å². The first-order valence-electron chi connectivity index (χ1n) is 6.57. The van der Waals surface area contributed by atoms with E-state index in [1.807, 2.05) is 6.07 Å². The summed E-state index contributed by atoms with van der Waals surface area (Å²) in [6, 6.07) is 3.68. The highest BCUT2D eigenvalue weighted by Gasteiger charge is 2.24. The first-order chi connectivity index (χ1) is 8.52. The molecule has 18 heavy (non-hydrogen) atoms. The Morgan fingerprint density at radius 1 is 1.28 bits per heavy atom. The maximum absolute atomic E-state index is 6.03. The summed E-state index contributed by atoms with van der Waals surface area (Å²) in [6.07, 6.45) is 3.62. The third kappa shape index (κ3) is 2.86. The molecule has 1 aromatic heterocycles. The molecule has 2 rings (SSSR count). The molecule has 0 spiro atoms. The molecule has 0 atom stereocenters. The Hall–Kier alpha value is -1.45. The minimum absolute atomic E-state index is 0.419. The fraction of sp³-hybridized carbons (Fsp3) is 0.643. The van der Waals surface area contributed by atoms with Crippen molar-refractivity contribution < 1.29 is 4.74 Å². The molecule has 0 amide bonds. The van der Waals surface area contributed by atoms with E-state index in [4.69, 9.17) is 10.5 Å². The van der Waals surface area contributed by atoms with Gasteiger partial charge in [0.1, 0.15) is 0 Å². The zero-order valence-electron chi connectivity index (χ0n) is 11.6. The fourth-order valence-corrected chi connectivity index (χ4v) is 2.44. The zero-order valence-corrected chi connectivity index (χ0v) is 11.6. The highest BCUT2D eigenvalue weighted by atomic mass is 16.5. The molecule has 100 valence electrons. The first-order valence-corrected chi connectivity index (χ1v) is 6.57. The van der Waals surface area contributed by atoms with Gasteiger partial charge in [-0.3, -0.25) is 0 Å². The maximum Gasteiger partial charge on any atom is 0.215 e. The number of nitrogens with two attached hydrogens (primary N) is 1. The van der Waals surface area contributed by atoms with E-state index >= 15 is 0 Å². The first kappa shape index (κ1) is 13.0. The van der Waals surface area contributed by atoms with Gasteiger partial charge in [0.2, 0.25) is 5.88 Å². The molecule has 1 aromatic rings. The van der Waals surface area contributed by atoms with E-state index in [-0.39, 0.29) is 0 Å². The van der Waals surface area contributed by atoms with Crippen molar-refractivity contribution in [1.82, 2.24) is 4.98 Å². The molecule has 0 bridgehead atoms. The van der Waals surface area contributed by atoms with Crippen LogP contribution in [0.3, 0.4) is 0 Å². The van der Waals surface area contributed by atoms with Gasteiger partial charge in [-0.1, -0.05) is 13.8 Å². The van der Waals surface area contributed by atoms with Crippen LogP contribution in [0.15, 0.2) is 12.1 Å². The highest BCUT2D eigenvalue weighted by Crippen LogP contribution is 2.33. The topological polar surface area (TPSA) is 51.4 Å². The lowest BCUT2D eigenvalue weighted by Crippen LogP contribution is -2.27. The molecule has 0 saturated carbocycles. The minimum Gasteiger partial charge on any atom is -0.481 e. The predicted octanol–water partition coefficient (Wildman–Crippen LogP) is 2.69. The van der Waals surface area contributed by atoms with Crippen LogP contribution in [0.25, 0.3) is 0 Å². The number of hydrogen-bond donors (Lipinski definition) is 1. The van der Waals surface area contributed by atoms with E-state index in [2.05, 4.69) is 23.7 Å². The summed E-state index contributed by atoms with van der Waals surface area (Å²) in [5, 5.41) is 0. The van der Waals surface area contributed by atoms with Gasteiger partial charge >= 0.3 is 0 Å². The van der Waals surface area contributed by atoms with Crippen LogP contribution in [0.1, 0.15) is 33.1 Å². The second-order valence-electron chi connectivity index (χ2n) is 5.77. The normalized spacial score (nSPS) is 19.4. The van der Waals surface area contributed by atoms with Crippen molar-refractivity contribution >= 4 is 11.5 Å². The predicted molar refractivity (Wildman–Crippen MR) is 75.0 cm³/mol. The number of nitrogen functional groups attached to an aromatic ring is 1. The van der Waals surface area contributed by atoms with Crippen molar-refractivity contribution in [2.24, 2.45) is 5.41 Å². The number of hydrogen-bond acceptors (Lipinski definition) is 4. The smallest absolute Gasteiger partial charge is 0.215 e. The molecule has 4 nitrogen and oxygen atoms in total. The Morgan fingerprint density at radius 2 is 2.06 bits per heavy atom. The van der Waals surface area contributed by atoms with Crippen molar-refractivity contribution in [3.8, 4) is 5.88 Å². The van der Waals surface area contributed by atoms with Gasteiger partial charge in [-0.25, -0.2) is 0 Å². The number of nitrogens with zero attached hydrogens (tertiary/aromatic N) is 2. The number of anilines is 2. The Balaban J connectivity index is 2.20. The monoisotopic (exact) mass is 249 g/mol. The van der Waals surface area contributed by atoms with Crippen LogP contribution >= 0.6 is 0 Å². The fourth-order valence-electron chi connectivity index (χ4n) is 2.44. The van der Waals surface area contributed by atoms with Gasteiger partial charge in [0.05, 0.1) is 12.8 Å². The van der Waals surface area contributed by atoms with Gasteiger partial charge in [0, 0.05) is 19.2 Å². The summed E-state index contributed by atoms with van der Waals surface area (Å²) >= 11 is 0. The molecule has 1 aliphatic heterocycles. The van der Waals surface area contributed by atoms with Crippen LogP contribution in [0.2, 0.25) is 0 Å². The lowest BCUT2D eigenvalue weighted by molar-refractivity contribution is 0.325. The van der Waals surface area contributed by atoms with Crippen molar-refractivity contribution in [3.05, 3.63) is 12.1 Å². The Bertz CT molecular complexity index is 418. The number of ether oxygens (including phenoxy) is 1. The Morgan fingerprint density at radius 3 is 2.78 bits per heavy atom. The minimum atomic E-state index is 0.419. The lowest BCUT2D eigenvalue weighted by Gasteiger charge is -2.25. The van der Waals surface area contributed by atoms with Crippen molar-refractivity contribution in [2.45, 2.75) is 33.1 Å². The molecular weight excluding hydrogens is 226 g/mol. The molecule has 1 fully saturated rings. The third-order valence-corrected chi connectivity index (χ3v) is 3.73. The Kier molecular flexibility index (Phi) is 3.64. The molecule has 2 N–H and O–H groups in total. The van der Waals surface area contributed by atoms with E-state index in [9.17, 15) is 0 Å². The van der Waals surface area contributed by atoms with Gasteiger partial charge in [0.25, 0.3) is 0 Å². The summed E-state index contributed by atoms with van der Waals surface area (Å²) in [6.45, 7) is 6.70. The number of rotatable bonds is 2. The summed E-state index contributed by atoms with van der Waals surface area (Å²) in [5.41, 5.74) is 7.18. The van der Waals surface area contributed by atoms with Crippen LogP contribution in [0, 0.1) is 5.41 Å². The van der Waals surface area contributed by atoms with Crippen LogP contribution in [-0.2, 0) is 0 Å². The van der Waals surface area contributed by atoms with Crippen LogP contribution in [0.5, 0.6) is 5.88 Å². The van der Waals surface area contributed by atoms with Gasteiger partial charge in [-0.2, -0.15) is 4.98 Å². The van der Waals surface area contributed by atoms with E-state index in [0.717, 1.165) is 24.6 Å². The molecule has 0 radical (unpaired) electrons. The largest absolute Gasteiger partial charge is 0.481 e. The van der Waals surface area contributed by atoms with Crippen LogP contribution in [0.4, 0.5) is 11.5 Å². The van der Waals surface area contributed by atoms with Gasteiger partial charge in [-0.05, 0) is 30.7 Å². The molecule has 2 heterocycles. The van der Waals surface area contributed by atoms with Crippen molar-refractivity contribution in [2.75, 3.05) is 30.8 Å². The lowest BCUT2D eigenvalue weighted by atomic mass is 9.85. The van der Waals surface area contributed by atoms with Crippen LogP contribution < -0.4 is 15.4 Å². The average molecular weight is 249 g/mol. The van der Waals surface area contributed by atoms with Gasteiger partial charge in [0.15, 0.2) is 5.82 Å². The molecule has 4 heteroatoms. The summed E-state index contributed by atoms with van der Waals surface area (Å²) in [5.74, 6) is 1.50. The summed E-state index contributed by atoms with van der Waals surface area (Å²) in [4.78, 5) is 6.77. The number of aromatic nitrogens is 1. The van der Waals surface area contributed by atoms with Gasteiger partial charge < -0.3 is 15.4 Å². The maximum atomic E-state index is 6.03. The van der Waals surface area contributed by atoms with E-state index in [1.165, 1.54) is 19.3 Å². The summed E-state index contributed by atoms with van der Waals surface area (Å²) in [7, 11) is 1.63. The quantitative estimate of drug-likeness (QED) is 0.875. The zero-order chi connectivity index (χ0) is 13.2. The van der Waals surface area contributed by atoms with Gasteiger partial charge in [-0.15, -0.1) is 0 Å². The molecule has 1 aliphatic rings. The molecule has 0 unspecified atom stereocenters. The van der Waals surface area contributed by atoms with Crippen molar-refractivity contribution in [1.29, 1.82) is 0 Å². The number of methoxy groups -OCH3 is 1. The van der Waals surface area contributed by atoms with E-state index in [1.54, 1.807) is 13.2 Å². The van der Waals surface area contributed by atoms with E-state index < -0.39 is 0 Å². The Labute approximate surface area is 109 Å². The molecule has 1 saturated heterocycles. The third-order valence-electron chi connectivity index (χ3n) is 3.73. The highest BCUT2D eigenvalue weighted by molar-refractivity contribution is 5.63. The molecule has 0 aliphatic carbocycles. The summed E-state index contributed by atoms with van der Waals surface area (Å²) < 4.78 is 5.18. The number of pyridine rings is 1. The standard InChI is InChI=1S/C14H23N3O/c1-14(2)7-4-9-17(10-8-14)13-11(15)5-6-12(16-13)18-3/h5-6H,4,7-10,15H2,1-3H3.